The number of nitrogens with zero attached hydrogens (tertiary/aromatic N) is 1. The van der Waals surface area contributed by atoms with Gasteiger partial charge in [-0.25, -0.2) is 0 Å². The van der Waals surface area contributed by atoms with Gasteiger partial charge in [0.1, 0.15) is 0 Å². The number of nitrogens with one attached hydrogen (secondary N) is 2. The number of amides is 1. The topological polar surface area (TPSA) is 48.1 Å². The van der Waals surface area contributed by atoms with Crippen LogP contribution in [0.2, 0.25) is 0 Å². The Morgan fingerprint density at radius 3 is 3.11 bits per heavy atom. The fourth-order valence-electron chi connectivity index (χ4n) is 2.46. The van der Waals surface area contributed by atoms with E-state index in [0.29, 0.717) is 6.54 Å². The van der Waals surface area contributed by atoms with Crippen molar-refractivity contribution in [3.63, 3.8) is 0 Å². The lowest BCUT2D eigenvalue weighted by Crippen LogP contribution is -2.23. The van der Waals surface area contributed by atoms with Gasteiger partial charge in [-0.15, -0.1) is 0 Å². The van der Waals surface area contributed by atoms with Gasteiger partial charge in [-0.05, 0) is 42.3 Å². The molecule has 2 N–H and O–H groups in total. The quantitative estimate of drug-likeness (QED) is 0.880. The van der Waals surface area contributed by atoms with Crippen molar-refractivity contribution >= 4 is 11.6 Å². The Kier molecular flexibility index (Phi) is 2.99. The maximum absolute atomic E-state index is 12.1. The Hall–Kier alpha value is -2.23. The summed E-state index contributed by atoms with van der Waals surface area (Å²) in [6.45, 7) is 1.56. The lowest BCUT2D eigenvalue weighted by molar-refractivity contribution is 0.0950. The summed E-state index contributed by atoms with van der Waals surface area (Å²) >= 11 is 0. The number of benzene rings is 1. The van der Waals surface area contributed by atoms with Crippen molar-refractivity contribution in [2.75, 3.05) is 18.5 Å². The van der Waals surface area contributed by atoms with E-state index in [0.717, 1.165) is 24.2 Å². The van der Waals surface area contributed by atoms with E-state index in [1.165, 1.54) is 11.3 Å². The molecule has 0 radical (unpaired) electrons. The van der Waals surface area contributed by atoms with Crippen molar-refractivity contribution in [3.05, 3.63) is 53.3 Å². The molecule has 0 aliphatic carbocycles. The fourth-order valence-corrected chi connectivity index (χ4v) is 2.46. The minimum atomic E-state index is -0.0213. The summed E-state index contributed by atoms with van der Waals surface area (Å²) in [5.41, 5.74) is 4.24. The molecule has 2 heterocycles. The number of rotatable bonds is 3. The van der Waals surface area contributed by atoms with Crippen LogP contribution in [0.3, 0.4) is 0 Å². The zero-order valence-electron chi connectivity index (χ0n) is 10.9. The number of fused-ring (bicyclic) bond motifs is 1. The van der Waals surface area contributed by atoms with Crippen LogP contribution in [-0.4, -0.2) is 24.5 Å². The van der Waals surface area contributed by atoms with E-state index in [1.807, 2.05) is 36.5 Å². The number of carbonyl (C=O) groups excluding carboxylic acids is 1. The summed E-state index contributed by atoms with van der Waals surface area (Å²) in [5, 5.41) is 2.92. The molecular weight excluding hydrogens is 238 g/mol. The molecule has 0 saturated heterocycles. The zero-order chi connectivity index (χ0) is 13.2. The first-order valence-electron chi connectivity index (χ1n) is 6.48. The number of hydrogen-bond donors (Lipinski definition) is 2. The van der Waals surface area contributed by atoms with Crippen LogP contribution in [0, 0.1) is 0 Å². The van der Waals surface area contributed by atoms with Crippen LogP contribution in [0.5, 0.6) is 0 Å². The van der Waals surface area contributed by atoms with Crippen molar-refractivity contribution in [3.8, 4) is 0 Å². The Labute approximate surface area is 112 Å². The third-order valence-corrected chi connectivity index (χ3v) is 3.57. The number of carbonyl (C=O) groups is 1. The van der Waals surface area contributed by atoms with E-state index >= 15 is 0 Å². The lowest BCUT2D eigenvalue weighted by atomic mass is 10.1. The summed E-state index contributed by atoms with van der Waals surface area (Å²) in [6.07, 6.45) is 2.87. The zero-order valence-corrected chi connectivity index (χ0v) is 10.9. The largest absolute Gasteiger partial charge is 0.374 e. The monoisotopic (exact) mass is 255 g/mol. The molecule has 0 bridgehead atoms. The first-order valence-corrected chi connectivity index (χ1v) is 6.48. The highest BCUT2D eigenvalue weighted by Gasteiger charge is 2.17. The molecule has 0 atom stereocenters. The van der Waals surface area contributed by atoms with E-state index in [2.05, 4.69) is 22.2 Å². The molecule has 4 heteroatoms. The summed E-state index contributed by atoms with van der Waals surface area (Å²) in [6, 6.07) is 9.81. The average Bonchev–Trinajstić information content (AvgIpc) is 3.06. The molecule has 1 amide bonds. The third kappa shape index (κ3) is 2.34. The second-order valence-corrected chi connectivity index (χ2v) is 4.89. The summed E-state index contributed by atoms with van der Waals surface area (Å²) < 4.78 is 0. The highest BCUT2D eigenvalue weighted by Crippen LogP contribution is 2.27. The molecule has 2 aromatic rings. The van der Waals surface area contributed by atoms with Gasteiger partial charge in [-0.3, -0.25) is 4.79 Å². The number of anilines is 1. The van der Waals surface area contributed by atoms with Crippen molar-refractivity contribution in [1.29, 1.82) is 0 Å². The lowest BCUT2D eigenvalue weighted by Gasteiger charge is -2.12. The third-order valence-electron chi connectivity index (χ3n) is 3.57. The number of H-pyrrole nitrogens is 1. The van der Waals surface area contributed by atoms with Gasteiger partial charge >= 0.3 is 0 Å². The Morgan fingerprint density at radius 2 is 2.32 bits per heavy atom. The predicted octanol–water partition coefficient (Wildman–Crippen LogP) is 1.94. The smallest absolute Gasteiger partial charge is 0.251 e. The van der Waals surface area contributed by atoms with Gasteiger partial charge in [0.15, 0.2) is 0 Å². The van der Waals surface area contributed by atoms with E-state index in [4.69, 9.17) is 0 Å². The SMILES string of the molecule is CN1CCc2cc(C(=O)NCc3ccc[nH]3)ccc21. The maximum atomic E-state index is 12.1. The maximum Gasteiger partial charge on any atom is 0.251 e. The molecular formula is C15H17N3O. The van der Waals surface area contributed by atoms with E-state index in [9.17, 15) is 4.79 Å². The Balaban J connectivity index is 1.70. The van der Waals surface area contributed by atoms with Gasteiger partial charge in [0, 0.05) is 36.7 Å². The highest BCUT2D eigenvalue weighted by atomic mass is 16.1. The normalized spacial score (nSPS) is 13.4. The van der Waals surface area contributed by atoms with Gasteiger partial charge in [0.25, 0.3) is 5.91 Å². The van der Waals surface area contributed by atoms with Gasteiger partial charge in [-0.2, -0.15) is 0 Å². The number of hydrogen-bond acceptors (Lipinski definition) is 2. The van der Waals surface area contributed by atoms with Gasteiger partial charge < -0.3 is 15.2 Å². The van der Waals surface area contributed by atoms with Crippen molar-refractivity contribution in [2.45, 2.75) is 13.0 Å². The number of aromatic nitrogens is 1. The predicted molar refractivity (Wildman–Crippen MR) is 75.4 cm³/mol. The molecule has 98 valence electrons. The number of aromatic amines is 1. The molecule has 1 aliphatic heterocycles. The van der Waals surface area contributed by atoms with Gasteiger partial charge in [0.05, 0.1) is 6.54 Å². The Morgan fingerprint density at radius 1 is 1.42 bits per heavy atom. The molecule has 0 spiro atoms. The van der Waals surface area contributed by atoms with Crippen LogP contribution in [0.25, 0.3) is 0 Å². The van der Waals surface area contributed by atoms with Crippen LogP contribution < -0.4 is 10.2 Å². The molecule has 0 unspecified atom stereocenters. The van der Waals surface area contributed by atoms with Crippen LogP contribution in [0.15, 0.2) is 36.5 Å². The van der Waals surface area contributed by atoms with Crippen molar-refractivity contribution in [2.24, 2.45) is 0 Å². The van der Waals surface area contributed by atoms with E-state index in [1.54, 1.807) is 0 Å². The minimum Gasteiger partial charge on any atom is -0.374 e. The molecule has 1 aromatic carbocycles. The summed E-state index contributed by atoms with van der Waals surface area (Å²) in [4.78, 5) is 17.4. The molecule has 1 aromatic heterocycles. The second kappa shape index (κ2) is 4.80. The second-order valence-electron chi connectivity index (χ2n) is 4.89. The highest BCUT2D eigenvalue weighted by molar-refractivity contribution is 5.95. The van der Waals surface area contributed by atoms with Crippen molar-refractivity contribution < 1.29 is 4.79 Å². The number of likely N-dealkylation sites (N-methyl/N-ethyl adjacent to an activating group) is 1. The van der Waals surface area contributed by atoms with Crippen LogP contribution in [0.4, 0.5) is 5.69 Å². The van der Waals surface area contributed by atoms with Gasteiger partial charge in [0.2, 0.25) is 0 Å². The van der Waals surface area contributed by atoms with Crippen LogP contribution >= 0.6 is 0 Å². The molecule has 3 rings (SSSR count). The molecule has 19 heavy (non-hydrogen) atoms. The fraction of sp³-hybridized carbons (Fsp3) is 0.267. The van der Waals surface area contributed by atoms with Crippen molar-refractivity contribution in [1.82, 2.24) is 10.3 Å². The van der Waals surface area contributed by atoms with Gasteiger partial charge in [-0.1, -0.05) is 0 Å². The van der Waals surface area contributed by atoms with Crippen LogP contribution in [-0.2, 0) is 13.0 Å². The van der Waals surface area contributed by atoms with E-state index < -0.39 is 0 Å². The standard InChI is InChI=1S/C15H17N3O/c1-18-8-6-11-9-12(4-5-14(11)18)15(19)17-10-13-3-2-7-16-13/h2-5,7,9,16H,6,8,10H2,1H3,(H,17,19). The molecule has 0 saturated carbocycles. The van der Waals surface area contributed by atoms with E-state index in [-0.39, 0.29) is 5.91 Å². The summed E-state index contributed by atoms with van der Waals surface area (Å²) in [5.74, 6) is -0.0213. The van der Waals surface area contributed by atoms with Crippen LogP contribution in [0.1, 0.15) is 21.6 Å². The minimum absolute atomic E-state index is 0.0213. The molecule has 1 aliphatic rings. The molecule has 0 fully saturated rings. The molecule has 4 nitrogen and oxygen atoms in total. The first kappa shape index (κ1) is 11.8. The summed E-state index contributed by atoms with van der Waals surface area (Å²) in [7, 11) is 2.08. The Bertz CT molecular complexity index is 589. The average molecular weight is 255 g/mol. The first-order chi connectivity index (χ1) is 9.24.